The van der Waals surface area contributed by atoms with Gasteiger partial charge in [-0.1, -0.05) is 18.0 Å². The Hall–Kier alpha value is -1.44. The van der Waals surface area contributed by atoms with Crippen LogP contribution in [0.25, 0.3) is 11.4 Å². The number of nitrogens with zero attached hydrogens (tertiary/aromatic N) is 2. The van der Waals surface area contributed by atoms with Gasteiger partial charge in [0.25, 0.3) is 0 Å². The van der Waals surface area contributed by atoms with Gasteiger partial charge in [-0.05, 0) is 24.3 Å². The molecule has 0 bridgehead atoms. The van der Waals surface area contributed by atoms with Crippen molar-refractivity contribution in [3.63, 3.8) is 0 Å². The molecule has 0 atom stereocenters. The number of rotatable bonds is 6. The molecule has 0 radical (unpaired) electrons. The van der Waals surface area contributed by atoms with Crippen LogP contribution < -0.4 is 11.1 Å². The second kappa shape index (κ2) is 7.90. The van der Waals surface area contributed by atoms with Crippen LogP contribution in [0.4, 0.5) is 0 Å². The number of carbonyl (C=O) groups excluding carboxylic acids is 1. The summed E-state index contributed by atoms with van der Waals surface area (Å²) in [5.74, 6) is 1.07. The first-order chi connectivity index (χ1) is 10.7. The number of hydrogen-bond donors (Lipinski definition) is 2. The summed E-state index contributed by atoms with van der Waals surface area (Å²) in [5, 5.41) is 11.0. The fraction of sp³-hybridized carbons (Fsp3) is 0.533. The van der Waals surface area contributed by atoms with E-state index < -0.39 is 0 Å². The van der Waals surface area contributed by atoms with Crippen molar-refractivity contribution >= 4 is 29.7 Å². The minimum atomic E-state index is -0.201. The van der Waals surface area contributed by atoms with E-state index in [0.29, 0.717) is 31.1 Å². The van der Waals surface area contributed by atoms with Gasteiger partial charge >= 0.3 is 0 Å². The first-order valence-electron chi connectivity index (χ1n) is 7.57. The van der Waals surface area contributed by atoms with Gasteiger partial charge in [-0.2, -0.15) is 16.3 Å². The summed E-state index contributed by atoms with van der Waals surface area (Å²) >= 11 is 1.58. The Morgan fingerprint density at radius 2 is 2.22 bits per heavy atom. The van der Waals surface area contributed by atoms with Crippen LogP contribution in [-0.2, 0) is 11.2 Å². The van der Waals surface area contributed by atoms with E-state index in [0.717, 1.165) is 31.2 Å². The van der Waals surface area contributed by atoms with Gasteiger partial charge in [-0.15, -0.1) is 12.4 Å². The van der Waals surface area contributed by atoms with E-state index in [1.54, 1.807) is 11.3 Å². The average molecular weight is 357 g/mol. The largest absolute Gasteiger partial charge is 0.349 e. The third-order valence-electron chi connectivity index (χ3n) is 4.17. The van der Waals surface area contributed by atoms with Crippen LogP contribution in [0.1, 0.15) is 38.0 Å². The molecule has 1 aliphatic rings. The van der Waals surface area contributed by atoms with Gasteiger partial charge in [0.2, 0.25) is 17.6 Å². The molecule has 0 spiro atoms. The molecule has 1 fully saturated rings. The number of aryl methyl sites for hydroxylation is 1. The van der Waals surface area contributed by atoms with E-state index in [4.69, 9.17) is 10.3 Å². The maximum Gasteiger partial charge on any atom is 0.227 e. The van der Waals surface area contributed by atoms with Gasteiger partial charge in [0.1, 0.15) is 0 Å². The van der Waals surface area contributed by atoms with E-state index in [2.05, 4.69) is 15.5 Å². The van der Waals surface area contributed by atoms with E-state index >= 15 is 0 Å². The summed E-state index contributed by atoms with van der Waals surface area (Å²) in [7, 11) is 0. The molecule has 6 nitrogen and oxygen atoms in total. The molecule has 0 aliphatic heterocycles. The van der Waals surface area contributed by atoms with Crippen molar-refractivity contribution in [3.8, 4) is 11.4 Å². The van der Waals surface area contributed by atoms with Crippen LogP contribution in [0.2, 0.25) is 0 Å². The Balaban J connectivity index is 0.00000192. The van der Waals surface area contributed by atoms with Crippen molar-refractivity contribution in [1.29, 1.82) is 0 Å². The second-order valence-electron chi connectivity index (χ2n) is 5.76. The summed E-state index contributed by atoms with van der Waals surface area (Å²) < 4.78 is 5.20. The van der Waals surface area contributed by atoms with Crippen LogP contribution in [0.5, 0.6) is 0 Å². The standard InChI is InChI=1S/C15H20N4O2S.ClH/c16-10-15(6-1-2-7-15)18-12(20)3-4-13-17-14(19-21-13)11-5-8-22-9-11;/h5,8-9H,1-4,6-7,10,16H2,(H,18,20);1H. The van der Waals surface area contributed by atoms with Crippen molar-refractivity contribution < 1.29 is 9.32 Å². The molecule has 0 unspecified atom stereocenters. The molecule has 2 aromatic rings. The Morgan fingerprint density at radius 3 is 2.87 bits per heavy atom. The number of carbonyl (C=O) groups is 1. The zero-order valence-corrected chi connectivity index (χ0v) is 14.4. The third kappa shape index (κ3) is 4.31. The first-order valence-corrected chi connectivity index (χ1v) is 8.51. The molecular weight excluding hydrogens is 336 g/mol. The number of thiophene rings is 1. The highest BCUT2D eigenvalue weighted by Crippen LogP contribution is 2.28. The zero-order valence-electron chi connectivity index (χ0n) is 12.8. The van der Waals surface area contributed by atoms with E-state index in [1.165, 1.54) is 0 Å². The lowest BCUT2D eigenvalue weighted by atomic mass is 9.97. The topological polar surface area (TPSA) is 94.0 Å². The summed E-state index contributed by atoms with van der Waals surface area (Å²) in [4.78, 5) is 16.4. The highest BCUT2D eigenvalue weighted by molar-refractivity contribution is 7.08. The quantitative estimate of drug-likeness (QED) is 0.829. The number of hydrogen-bond acceptors (Lipinski definition) is 6. The van der Waals surface area contributed by atoms with Gasteiger partial charge in [-0.3, -0.25) is 4.79 Å². The number of nitrogens with one attached hydrogen (secondary N) is 1. The van der Waals surface area contributed by atoms with Crippen molar-refractivity contribution in [2.75, 3.05) is 6.54 Å². The molecule has 1 amide bonds. The highest BCUT2D eigenvalue weighted by Gasteiger charge is 2.33. The van der Waals surface area contributed by atoms with Gasteiger partial charge in [-0.25, -0.2) is 0 Å². The smallest absolute Gasteiger partial charge is 0.227 e. The fourth-order valence-electron chi connectivity index (χ4n) is 2.88. The molecule has 1 aliphatic carbocycles. The lowest BCUT2D eigenvalue weighted by molar-refractivity contribution is -0.123. The average Bonchev–Trinajstić information content (AvgIpc) is 3.26. The highest BCUT2D eigenvalue weighted by atomic mass is 35.5. The Labute approximate surface area is 145 Å². The van der Waals surface area contributed by atoms with Crippen molar-refractivity contribution in [2.45, 2.75) is 44.1 Å². The minimum Gasteiger partial charge on any atom is -0.349 e. The SMILES string of the molecule is Cl.NCC1(NC(=O)CCc2nc(-c3ccsc3)no2)CCCC1. The molecular formula is C15H21ClN4O2S. The molecule has 0 aromatic carbocycles. The molecule has 23 heavy (non-hydrogen) atoms. The van der Waals surface area contributed by atoms with Crippen molar-refractivity contribution in [3.05, 3.63) is 22.7 Å². The predicted octanol–water partition coefficient (Wildman–Crippen LogP) is 2.54. The number of nitrogens with two attached hydrogens (primary N) is 1. The van der Waals surface area contributed by atoms with E-state index in [1.807, 2.05) is 16.8 Å². The number of aromatic nitrogens is 2. The molecule has 2 aromatic heterocycles. The van der Waals surface area contributed by atoms with Crippen molar-refractivity contribution in [2.24, 2.45) is 5.73 Å². The van der Waals surface area contributed by atoms with Gasteiger partial charge in [0.15, 0.2) is 0 Å². The third-order valence-corrected chi connectivity index (χ3v) is 4.85. The van der Waals surface area contributed by atoms with E-state index in [9.17, 15) is 4.79 Å². The molecule has 1 saturated carbocycles. The second-order valence-corrected chi connectivity index (χ2v) is 6.54. The maximum atomic E-state index is 12.1. The molecule has 126 valence electrons. The van der Waals surface area contributed by atoms with Crippen LogP contribution in [0.15, 0.2) is 21.3 Å². The summed E-state index contributed by atoms with van der Waals surface area (Å²) in [6.07, 6.45) is 4.99. The lowest BCUT2D eigenvalue weighted by Crippen LogP contribution is -2.51. The monoisotopic (exact) mass is 356 g/mol. The number of halogens is 1. The maximum absolute atomic E-state index is 12.1. The lowest BCUT2D eigenvalue weighted by Gasteiger charge is -2.28. The summed E-state index contributed by atoms with van der Waals surface area (Å²) in [6, 6.07) is 1.94. The minimum absolute atomic E-state index is 0. The van der Waals surface area contributed by atoms with Gasteiger partial charge < -0.3 is 15.6 Å². The summed E-state index contributed by atoms with van der Waals surface area (Å²) in [6.45, 7) is 0.502. The zero-order chi connectivity index (χ0) is 15.4. The van der Waals surface area contributed by atoms with Crippen molar-refractivity contribution in [1.82, 2.24) is 15.5 Å². The van der Waals surface area contributed by atoms with Gasteiger partial charge in [0, 0.05) is 30.3 Å². The fourth-order valence-corrected chi connectivity index (χ4v) is 3.51. The Morgan fingerprint density at radius 1 is 1.43 bits per heavy atom. The molecule has 8 heteroatoms. The first kappa shape index (κ1) is 17.9. The molecule has 3 rings (SSSR count). The molecule has 2 heterocycles. The van der Waals surface area contributed by atoms with Crippen LogP contribution in [-0.4, -0.2) is 28.1 Å². The Kier molecular flexibility index (Phi) is 6.15. The van der Waals surface area contributed by atoms with Gasteiger partial charge in [0.05, 0.1) is 5.54 Å². The normalized spacial score (nSPS) is 16.0. The molecule has 0 saturated heterocycles. The predicted molar refractivity (Wildman–Crippen MR) is 91.6 cm³/mol. The molecule has 3 N–H and O–H groups in total. The van der Waals surface area contributed by atoms with Crippen LogP contribution >= 0.6 is 23.7 Å². The van der Waals surface area contributed by atoms with Crippen LogP contribution in [0, 0.1) is 0 Å². The Bertz CT molecular complexity index is 623. The van der Waals surface area contributed by atoms with E-state index in [-0.39, 0.29) is 23.9 Å². The summed E-state index contributed by atoms with van der Waals surface area (Å²) in [5.41, 5.74) is 6.57. The number of amides is 1. The van der Waals surface area contributed by atoms with Crippen LogP contribution in [0.3, 0.4) is 0 Å².